The number of aryl methyl sites for hydroxylation is 1. The summed E-state index contributed by atoms with van der Waals surface area (Å²) < 4.78 is 0. The summed E-state index contributed by atoms with van der Waals surface area (Å²) in [6.45, 7) is 5.15. The Balaban J connectivity index is 2.50. The number of thioether (sulfide) groups is 1. The molecule has 0 saturated heterocycles. The van der Waals surface area contributed by atoms with E-state index in [4.69, 9.17) is 11.6 Å². The summed E-state index contributed by atoms with van der Waals surface area (Å²) >= 11 is 7.98. The average molecular weight is 258 g/mol. The fraction of sp³-hybridized carbons (Fsp3) is 0.538. The van der Waals surface area contributed by atoms with Crippen LogP contribution in [-0.4, -0.2) is 18.1 Å². The minimum Gasteiger partial charge on any atom is -0.309 e. The lowest BCUT2D eigenvalue weighted by Gasteiger charge is -2.15. The minimum atomic E-state index is 0.593. The molecule has 0 aliphatic rings. The van der Waals surface area contributed by atoms with Gasteiger partial charge >= 0.3 is 0 Å². The number of hydrogen-bond acceptors (Lipinski definition) is 2. The van der Waals surface area contributed by atoms with Crippen LogP contribution >= 0.6 is 23.4 Å². The zero-order valence-electron chi connectivity index (χ0n) is 10.2. The van der Waals surface area contributed by atoms with Gasteiger partial charge in [0.1, 0.15) is 0 Å². The van der Waals surface area contributed by atoms with Crippen LogP contribution in [0.4, 0.5) is 0 Å². The van der Waals surface area contributed by atoms with Gasteiger partial charge < -0.3 is 5.32 Å². The van der Waals surface area contributed by atoms with Gasteiger partial charge in [0, 0.05) is 23.4 Å². The molecule has 0 fully saturated rings. The van der Waals surface area contributed by atoms with Gasteiger partial charge in [-0.1, -0.05) is 30.7 Å². The van der Waals surface area contributed by atoms with Crippen molar-refractivity contribution >= 4 is 23.4 Å². The summed E-state index contributed by atoms with van der Waals surface area (Å²) in [7, 11) is 0. The van der Waals surface area contributed by atoms with Crippen molar-refractivity contribution in [3.05, 3.63) is 34.3 Å². The molecule has 1 rings (SSSR count). The lowest BCUT2D eigenvalue weighted by Crippen LogP contribution is -2.30. The van der Waals surface area contributed by atoms with Crippen molar-refractivity contribution < 1.29 is 0 Å². The molecule has 1 unspecified atom stereocenters. The second-order valence-electron chi connectivity index (χ2n) is 4.02. The van der Waals surface area contributed by atoms with Crippen molar-refractivity contribution in [2.45, 2.75) is 32.9 Å². The lowest BCUT2D eigenvalue weighted by molar-refractivity contribution is 0.541. The molecule has 0 heterocycles. The summed E-state index contributed by atoms with van der Waals surface area (Å²) in [5.41, 5.74) is 2.40. The molecule has 1 aromatic rings. The third kappa shape index (κ3) is 4.36. The first-order chi connectivity index (χ1) is 7.67. The Morgan fingerprint density at radius 3 is 2.75 bits per heavy atom. The number of nitrogens with one attached hydrogen (secondary N) is 1. The van der Waals surface area contributed by atoms with Crippen LogP contribution in [0.3, 0.4) is 0 Å². The van der Waals surface area contributed by atoms with Gasteiger partial charge in [0.25, 0.3) is 0 Å². The van der Waals surface area contributed by atoms with Gasteiger partial charge in [0.2, 0.25) is 0 Å². The van der Waals surface area contributed by atoms with E-state index >= 15 is 0 Å². The van der Waals surface area contributed by atoms with E-state index in [9.17, 15) is 0 Å². The second-order valence-corrected chi connectivity index (χ2v) is 5.34. The predicted octanol–water partition coefficient (Wildman–Crippen LogP) is 3.88. The molecule has 0 aliphatic carbocycles. The number of benzene rings is 1. The molecule has 1 aromatic carbocycles. The Kier molecular flexibility index (Phi) is 6.25. The third-order valence-electron chi connectivity index (χ3n) is 2.69. The summed E-state index contributed by atoms with van der Waals surface area (Å²) in [5, 5.41) is 4.41. The summed E-state index contributed by atoms with van der Waals surface area (Å²) in [6.07, 6.45) is 3.31. The molecule has 1 N–H and O–H groups in total. The van der Waals surface area contributed by atoms with E-state index in [1.165, 1.54) is 12.0 Å². The smallest absolute Gasteiger partial charge is 0.0438 e. The minimum absolute atomic E-state index is 0.593. The molecule has 1 atom stereocenters. The van der Waals surface area contributed by atoms with Crippen LogP contribution in [0.15, 0.2) is 18.2 Å². The molecule has 3 heteroatoms. The first-order valence-corrected chi connectivity index (χ1v) is 7.42. The van der Waals surface area contributed by atoms with E-state index in [-0.39, 0.29) is 0 Å². The van der Waals surface area contributed by atoms with Gasteiger partial charge in [-0.05, 0) is 36.8 Å². The molecule has 0 saturated carbocycles. The van der Waals surface area contributed by atoms with Gasteiger partial charge in [-0.2, -0.15) is 11.8 Å². The van der Waals surface area contributed by atoms with Crippen LogP contribution in [0.5, 0.6) is 0 Å². The van der Waals surface area contributed by atoms with Crippen molar-refractivity contribution in [2.24, 2.45) is 0 Å². The summed E-state index contributed by atoms with van der Waals surface area (Å²) in [5.74, 6) is 1.16. The SMILES string of the molecule is CCC(CSC)NCc1ccc(C)c(Cl)c1. The van der Waals surface area contributed by atoms with Crippen molar-refractivity contribution in [3.8, 4) is 0 Å². The zero-order valence-corrected chi connectivity index (χ0v) is 11.8. The molecule has 0 bridgehead atoms. The number of hydrogen-bond donors (Lipinski definition) is 1. The highest BCUT2D eigenvalue weighted by Crippen LogP contribution is 2.16. The highest BCUT2D eigenvalue weighted by molar-refractivity contribution is 7.98. The lowest BCUT2D eigenvalue weighted by atomic mass is 10.1. The van der Waals surface area contributed by atoms with Crippen LogP contribution in [0, 0.1) is 6.92 Å². The molecular weight excluding hydrogens is 238 g/mol. The van der Waals surface area contributed by atoms with Crippen molar-refractivity contribution in [1.82, 2.24) is 5.32 Å². The molecule has 16 heavy (non-hydrogen) atoms. The van der Waals surface area contributed by atoms with E-state index in [2.05, 4.69) is 36.7 Å². The van der Waals surface area contributed by atoms with Crippen LogP contribution in [0.25, 0.3) is 0 Å². The molecule has 1 nitrogen and oxygen atoms in total. The number of rotatable bonds is 6. The Hall–Kier alpha value is -0.180. The van der Waals surface area contributed by atoms with E-state index in [1.807, 2.05) is 18.7 Å². The molecule has 0 aromatic heterocycles. The molecule has 0 amide bonds. The van der Waals surface area contributed by atoms with E-state index in [0.29, 0.717) is 6.04 Å². The normalized spacial score (nSPS) is 12.8. The van der Waals surface area contributed by atoms with Crippen LogP contribution in [-0.2, 0) is 6.54 Å². The summed E-state index contributed by atoms with van der Waals surface area (Å²) in [6, 6.07) is 6.86. The maximum absolute atomic E-state index is 6.09. The molecule has 0 aliphatic heterocycles. The first kappa shape index (κ1) is 13.9. The molecule has 0 spiro atoms. The Morgan fingerprint density at radius 1 is 1.44 bits per heavy atom. The average Bonchev–Trinajstić information content (AvgIpc) is 2.28. The highest BCUT2D eigenvalue weighted by Gasteiger charge is 2.05. The molecular formula is C13H20ClNS. The van der Waals surface area contributed by atoms with Crippen molar-refractivity contribution in [1.29, 1.82) is 0 Å². The topological polar surface area (TPSA) is 12.0 Å². The number of halogens is 1. The summed E-state index contributed by atoms with van der Waals surface area (Å²) in [4.78, 5) is 0. The largest absolute Gasteiger partial charge is 0.309 e. The van der Waals surface area contributed by atoms with Gasteiger partial charge in [0.15, 0.2) is 0 Å². The van der Waals surface area contributed by atoms with Gasteiger partial charge in [-0.15, -0.1) is 0 Å². The van der Waals surface area contributed by atoms with Crippen LogP contribution < -0.4 is 5.32 Å². The monoisotopic (exact) mass is 257 g/mol. The third-order valence-corrected chi connectivity index (χ3v) is 3.83. The maximum Gasteiger partial charge on any atom is 0.0438 e. The maximum atomic E-state index is 6.09. The zero-order chi connectivity index (χ0) is 12.0. The first-order valence-electron chi connectivity index (χ1n) is 5.64. The van der Waals surface area contributed by atoms with Gasteiger partial charge in [0.05, 0.1) is 0 Å². The highest BCUT2D eigenvalue weighted by atomic mass is 35.5. The van der Waals surface area contributed by atoms with Crippen molar-refractivity contribution in [3.63, 3.8) is 0 Å². The quantitative estimate of drug-likeness (QED) is 0.830. The van der Waals surface area contributed by atoms with Crippen LogP contribution in [0.2, 0.25) is 5.02 Å². The Morgan fingerprint density at radius 2 is 2.19 bits per heavy atom. The molecule has 90 valence electrons. The van der Waals surface area contributed by atoms with Crippen LogP contribution in [0.1, 0.15) is 24.5 Å². The standard InChI is InChI=1S/C13H20ClNS/c1-4-12(9-16-3)15-8-11-6-5-10(2)13(14)7-11/h5-7,12,15H,4,8-9H2,1-3H3. The van der Waals surface area contributed by atoms with E-state index in [1.54, 1.807) is 0 Å². The van der Waals surface area contributed by atoms with Crippen molar-refractivity contribution in [2.75, 3.05) is 12.0 Å². The Bertz CT molecular complexity index is 328. The molecule has 0 radical (unpaired) electrons. The van der Waals surface area contributed by atoms with Gasteiger partial charge in [-0.25, -0.2) is 0 Å². The second kappa shape index (κ2) is 7.21. The van der Waals surface area contributed by atoms with E-state index < -0.39 is 0 Å². The predicted molar refractivity (Wildman–Crippen MR) is 75.5 cm³/mol. The van der Waals surface area contributed by atoms with Gasteiger partial charge in [-0.3, -0.25) is 0 Å². The Labute approximate surface area is 108 Å². The fourth-order valence-corrected chi connectivity index (χ4v) is 2.49. The fourth-order valence-electron chi connectivity index (χ4n) is 1.53. The van der Waals surface area contributed by atoms with E-state index in [0.717, 1.165) is 22.9 Å².